The van der Waals surface area contributed by atoms with Crippen LogP contribution >= 0.6 is 0 Å². The zero-order valence-corrected chi connectivity index (χ0v) is 11.4. The fraction of sp³-hybridized carbons (Fsp3) is 0.357. The minimum atomic E-state index is -0.265. The summed E-state index contributed by atoms with van der Waals surface area (Å²) >= 11 is 0. The van der Waals surface area contributed by atoms with Gasteiger partial charge in [0.2, 0.25) is 0 Å². The third kappa shape index (κ3) is 3.32. The summed E-state index contributed by atoms with van der Waals surface area (Å²) in [6, 6.07) is 4.56. The van der Waals surface area contributed by atoms with Crippen molar-refractivity contribution in [3.63, 3.8) is 0 Å². The van der Waals surface area contributed by atoms with Gasteiger partial charge in [-0.1, -0.05) is 6.92 Å². The highest BCUT2D eigenvalue weighted by molar-refractivity contribution is 5.39. The van der Waals surface area contributed by atoms with Gasteiger partial charge in [0.15, 0.2) is 5.75 Å². The molecule has 2 rings (SSSR count). The molecule has 0 radical (unpaired) electrons. The minimum Gasteiger partial charge on any atom is -0.454 e. The molecule has 0 amide bonds. The van der Waals surface area contributed by atoms with Crippen LogP contribution in [0.15, 0.2) is 30.6 Å². The number of ether oxygens (including phenoxy) is 1. The van der Waals surface area contributed by atoms with Crippen LogP contribution in [-0.2, 0) is 7.05 Å². The van der Waals surface area contributed by atoms with Gasteiger partial charge in [-0.25, -0.2) is 4.39 Å². The van der Waals surface area contributed by atoms with Gasteiger partial charge in [-0.2, -0.15) is 5.10 Å². The Labute approximate surface area is 112 Å². The van der Waals surface area contributed by atoms with Crippen LogP contribution in [0.1, 0.15) is 25.5 Å². The molecule has 1 heterocycles. The van der Waals surface area contributed by atoms with Gasteiger partial charge in [-0.15, -0.1) is 0 Å². The maximum Gasteiger partial charge on any atom is 0.165 e. The molecule has 0 aliphatic rings. The van der Waals surface area contributed by atoms with E-state index in [4.69, 9.17) is 4.74 Å². The van der Waals surface area contributed by atoms with Gasteiger partial charge in [0, 0.05) is 18.7 Å². The fourth-order valence-electron chi connectivity index (χ4n) is 1.95. The predicted octanol–water partition coefficient (Wildman–Crippen LogP) is 3.02. The Morgan fingerprint density at radius 1 is 1.47 bits per heavy atom. The first-order valence-corrected chi connectivity index (χ1v) is 6.29. The number of benzene rings is 1. The van der Waals surface area contributed by atoms with Crippen molar-refractivity contribution in [2.24, 2.45) is 7.05 Å². The number of hydrogen-bond donors (Lipinski definition) is 1. The molecule has 1 N–H and O–H groups in total. The lowest BCUT2D eigenvalue weighted by molar-refractivity contribution is 0.459. The van der Waals surface area contributed by atoms with Crippen LogP contribution in [0.3, 0.4) is 0 Å². The molecule has 0 bridgehead atoms. The maximum atomic E-state index is 13.4. The van der Waals surface area contributed by atoms with Gasteiger partial charge in [-0.3, -0.25) is 4.68 Å². The van der Waals surface area contributed by atoms with E-state index in [-0.39, 0.29) is 11.9 Å². The summed E-state index contributed by atoms with van der Waals surface area (Å²) in [6.45, 7) is 4.80. The van der Waals surface area contributed by atoms with Crippen molar-refractivity contribution in [2.75, 3.05) is 6.54 Å². The lowest BCUT2D eigenvalue weighted by Crippen LogP contribution is -2.18. The predicted molar refractivity (Wildman–Crippen MR) is 71.8 cm³/mol. The molecule has 1 aromatic heterocycles. The smallest absolute Gasteiger partial charge is 0.165 e. The molecule has 1 aromatic carbocycles. The van der Waals surface area contributed by atoms with Crippen molar-refractivity contribution in [3.05, 3.63) is 42.0 Å². The molecule has 102 valence electrons. The largest absolute Gasteiger partial charge is 0.454 e. The fourth-order valence-corrected chi connectivity index (χ4v) is 1.95. The Morgan fingerprint density at radius 2 is 2.26 bits per heavy atom. The Bertz CT molecular complexity index is 553. The molecule has 0 aliphatic carbocycles. The number of rotatable bonds is 5. The Kier molecular flexibility index (Phi) is 4.16. The molecule has 0 saturated heterocycles. The van der Waals surface area contributed by atoms with E-state index < -0.39 is 0 Å². The van der Waals surface area contributed by atoms with Crippen molar-refractivity contribution < 1.29 is 9.13 Å². The standard InChI is InChI=1S/C14H18FN3O/c1-4-16-10(2)13-7-11(15)5-6-14(13)19-12-8-17-18(3)9-12/h5-10,16H,4H2,1-3H3. The second kappa shape index (κ2) is 5.84. The number of hydrogen-bond acceptors (Lipinski definition) is 3. The number of nitrogens with one attached hydrogen (secondary N) is 1. The summed E-state index contributed by atoms with van der Waals surface area (Å²) in [4.78, 5) is 0. The van der Waals surface area contributed by atoms with E-state index in [2.05, 4.69) is 10.4 Å². The van der Waals surface area contributed by atoms with Crippen molar-refractivity contribution >= 4 is 0 Å². The maximum absolute atomic E-state index is 13.4. The number of nitrogens with zero attached hydrogens (tertiary/aromatic N) is 2. The highest BCUT2D eigenvalue weighted by Gasteiger charge is 2.13. The summed E-state index contributed by atoms with van der Waals surface area (Å²) in [5.74, 6) is 1.01. The Balaban J connectivity index is 2.28. The average Bonchev–Trinajstić information content (AvgIpc) is 2.77. The quantitative estimate of drug-likeness (QED) is 0.901. The van der Waals surface area contributed by atoms with E-state index in [9.17, 15) is 4.39 Å². The molecule has 0 aliphatic heterocycles. The van der Waals surface area contributed by atoms with Crippen LogP contribution in [0.2, 0.25) is 0 Å². The van der Waals surface area contributed by atoms with Crippen molar-refractivity contribution in [1.82, 2.24) is 15.1 Å². The van der Waals surface area contributed by atoms with E-state index in [1.165, 1.54) is 12.1 Å². The van der Waals surface area contributed by atoms with Crippen LogP contribution in [-0.4, -0.2) is 16.3 Å². The molecule has 2 aromatic rings. The van der Waals surface area contributed by atoms with Crippen molar-refractivity contribution in [3.8, 4) is 11.5 Å². The number of halogens is 1. The van der Waals surface area contributed by atoms with Crippen LogP contribution in [0.4, 0.5) is 4.39 Å². The third-order valence-corrected chi connectivity index (χ3v) is 2.86. The van der Waals surface area contributed by atoms with Gasteiger partial charge >= 0.3 is 0 Å². The summed E-state index contributed by atoms with van der Waals surface area (Å²) in [6.07, 6.45) is 3.40. The zero-order valence-electron chi connectivity index (χ0n) is 11.4. The lowest BCUT2D eigenvalue weighted by Gasteiger charge is -2.17. The van der Waals surface area contributed by atoms with Crippen molar-refractivity contribution in [1.29, 1.82) is 0 Å². The topological polar surface area (TPSA) is 39.1 Å². The van der Waals surface area contributed by atoms with Crippen LogP contribution < -0.4 is 10.1 Å². The van der Waals surface area contributed by atoms with E-state index in [1.807, 2.05) is 20.9 Å². The van der Waals surface area contributed by atoms with Gasteiger partial charge in [0.1, 0.15) is 11.6 Å². The Morgan fingerprint density at radius 3 is 2.89 bits per heavy atom. The first-order valence-electron chi connectivity index (χ1n) is 6.29. The SMILES string of the molecule is CCNC(C)c1cc(F)ccc1Oc1cnn(C)c1. The Hall–Kier alpha value is -1.88. The number of aromatic nitrogens is 2. The molecule has 0 saturated carbocycles. The average molecular weight is 263 g/mol. The van der Waals surface area contributed by atoms with Crippen LogP contribution in [0.5, 0.6) is 11.5 Å². The molecule has 1 unspecified atom stereocenters. The molecular formula is C14H18FN3O. The monoisotopic (exact) mass is 263 g/mol. The van der Waals surface area contributed by atoms with Gasteiger partial charge in [0.05, 0.1) is 12.4 Å². The van der Waals surface area contributed by atoms with E-state index >= 15 is 0 Å². The minimum absolute atomic E-state index is 0.0207. The third-order valence-electron chi connectivity index (χ3n) is 2.86. The van der Waals surface area contributed by atoms with Crippen molar-refractivity contribution in [2.45, 2.75) is 19.9 Å². The molecule has 0 spiro atoms. The number of aryl methyl sites for hydroxylation is 1. The summed E-state index contributed by atoms with van der Waals surface area (Å²) in [5, 5.41) is 7.30. The van der Waals surface area contributed by atoms with Gasteiger partial charge in [-0.05, 0) is 31.7 Å². The van der Waals surface area contributed by atoms with E-state index in [1.54, 1.807) is 23.1 Å². The molecule has 1 atom stereocenters. The summed E-state index contributed by atoms with van der Waals surface area (Å²) < 4.78 is 20.8. The zero-order chi connectivity index (χ0) is 13.8. The molecule has 5 heteroatoms. The highest BCUT2D eigenvalue weighted by atomic mass is 19.1. The molecule has 4 nitrogen and oxygen atoms in total. The first kappa shape index (κ1) is 13.5. The van der Waals surface area contributed by atoms with Crippen LogP contribution in [0.25, 0.3) is 0 Å². The first-order chi connectivity index (χ1) is 9.10. The second-order valence-electron chi connectivity index (χ2n) is 4.41. The summed E-state index contributed by atoms with van der Waals surface area (Å²) in [7, 11) is 1.82. The van der Waals surface area contributed by atoms with E-state index in [0.29, 0.717) is 11.5 Å². The van der Waals surface area contributed by atoms with E-state index in [0.717, 1.165) is 12.1 Å². The molecule has 0 fully saturated rings. The second-order valence-corrected chi connectivity index (χ2v) is 4.41. The van der Waals surface area contributed by atoms with Gasteiger partial charge in [0.25, 0.3) is 0 Å². The summed E-state index contributed by atoms with van der Waals surface area (Å²) in [5.41, 5.74) is 0.797. The van der Waals surface area contributed by atoms with Gasteiger partial charge < -0.3 is 10.1 Å². The van der Waals surface area contributed by atoms with Crippen LogP contribution in [0, 0.1) is 5.82 Å². The molecule has 19 heavy (non-hydrogen) atoms. The molecular weight excluding hydrogens is 245 g/mol. The normalized spacial score (nSPS) is 12.4. The highest BCUT2D eigenvalue weighted by Crippen LogP contribution is 2.30. The lowest BCUT2D eigenvalue weighted by atomic mass is 10.1.